The normalized spacial score (nSPS) is 11.9. The molecule has 0 aliphatic rings. The fourth-order valence-corrected chi connectivity index (χ4v) is 1.23. The van der Waals surface area contributed by atoms with Crippen LogP contribution < -0.4 is 0 Å². The maximum Gasteiger partial charge on any atom is 0.374 e. The van der Waals surface area contributed by atoms with Gasteiger partial charge in [0.05, 0.1) is 12.1 Å². The van der Waals surface area contributed by atoms with Gasteiger partial charge in [-0.25, -0.2) is 4.79 Å². The molecule has 0 spiro atoms. The first-order valence-corrected chi connectivity index (χ1v) is 4.68. The van der Waals surface area contributed by atoms with Crippen LogP contribution in [0.15, 0.2) is 30.0 Å². The first kappa shape index (κ1) is 11.6. The van der Waals surface area contributed by atoms with E-state index < -0.39 is 11.7 Å². The predicted molar refractivity (Wildman–Crippen MR) is 58.6 cm³/mol. The van der Waals surface area contributed by atoms with Gasteiger partial charge in [0.25, 0.3) is 0 Å². The summed E-state index contributed by atoms with van der Waals surface area (Å²) in [6.07, 6.45) is 0. The van der Waals surface area contributed by atoms with Crippen molar-refractivity contribution in [3.8, 4) is 0 Å². The van der Waals surface area contributed by atoms with Crippen LogP contribution in [0, 0.1) is 6.92 Å². The maximum atomic E-state index is 11.0. The van der Waals surface area contributed by atoms with Gasteiger partial charge < -0.3 is 9.84 Å². The molecule has 0 saturated heterocycles. The molecule has 0 saturated carbocycles. The summed E-state index contributed by atoms with van der Waals surface area (Å²) >= 11 is 5.81. The van der Waals surface area contributed by atoms with Gasteiger partial charge in [0.15, 0.2) is 0 Å². The number of rotatable bonds is 2. The first-order chi connectivity index (χ1) is 7.06. The van der Waals surface area contributed by atoms with Crippen molar-refractivity contribution >= 4 is 22.6 Å². The van der Waals surface area contributed by atoms with Crippen LogP contribution in [0.25, 0.3) is 5.03 Å². The number of ether oxygens (including phenoxy) is 1. The summed E-state index contributed by atoms with van der Waals surface area (Å²) in [7, 11) is 1.18. The second-order valence-corrected chi connectivity index (χ2v) is 3.40. The number of esters is 1. The van der Waals surface area contributed by atoms with Gasteiger partial charge in [-0.05, 0) is 12.5 Å². The van der Waals surface area contributed by atoms with Crippen LogP contribution in [0.3, 0.4) is 0 Å². The van der Waals surface area contributed by atoms with E-state index in [0.717, 1.165) is 5.56 Å². The molecule has 0 atom stereocenters. The molecular formula is C11H11ClO3. The lowest BCUT2D eigenvalue weighted by Gasteiger charge is -2.03. The Labute approximate surface area is 92.9 Å². The fraction of sp³-hybridized carbons (Fsp3) is 0.182. The number of benzene rings is 1. The van der Waals surface area contributed by atoms with E-state index in [0.29, 0.717) is 5.56 Å². The third-order valence-electron chi connectivity index (χ3n) is 1.89. The van der Waals surface area contributed by atoms with Crippen molar-refractivity contribution in [1.82, 2.24) is 0 Å². The highest BCUT2D eigenvalue weighted by Crippen LogP contribution is 2.22. The second kappa shape index (κ2) is 4.84. The Bertz CT molecular complexity index is 393. The van der Waals surface area contributed by atoms with Crippen LogP contribution in [0.2, 0.25) is 0 Å². The molecular weight excluding hydrogens is 216 g/mol. The molecule has 1 aromatic carbocycles. The molecule has 80 valence electrons. The molecule has 0 amide bonds. The van der Waals surface area contributed by atoms with Crippen LogP contribution in [-0.2, 0) is 9.53 Å². The first-order valence-electron chi connectivity index (χ1n) is 4.30. The van der Waals surface area contributed by atoms with E-state index in [4.69, 9.17) is 11.6 Å². The van der Waals surface area contributed by atoms with Gasteiger partial charge in [0, 0.05) is 0 Å². The molecule has 4 heteroatoms. The highest BCUT2D eigenvalue weighted by atomic mass is 35.5. The molecule has 3 nitrogen and oxygen atoms in total. The number of halogens is 1. The van der Waals surface area contributed by atoms with Gasteiger partial charge in [0.2, 0.25) is 5.76 Å². The van der Waals surface area contributed by atoms with Crippen molar-refractivity contribution in [2.75, 3.05) is 7.11 Å². The minimum absolute atomic E-state index is 0.0122. The van der Waals surface area contributed by atoms with E-state index in [1.54, 1.807) is 12.1 Å². The molecule has 0 unspecified atom stereocenters. The Morgan fingerprint density at radius 2 is 1.87 bits per heavy atom. The molecule has 1 aromatic rings. The summed E-state index contributed by atoms with van der Waals surface area (Å²) in [6, 6.07) is 7.11. The van der Waals surface area contributed by atoms with Gasteiger partial charge in [-0.2, -0.15) is 0 Å². The quantitative estimate of drug-likeness (QED) is 0.479. The zero-order chi connectivity index (χ0) is 11.4. The number of hydrogen-bond acceptors (Lipinski definition) is 3. The molecule has 0 bridgehead atoms. The second-order valence-electron chi connectivity index (χ2n) is 3.02. The molecule has 0 aromatic heterocycles. The number of aliphatic hydroxyl groups is 1. The smallest absolute Gasteiger partial charge is 0.374 e. The average molecular weight is 227 g/mol. The number of carbonyl (C=O) groups excluding carboxylic acids is 1. The monoisotopic (exact) mass is 226 g/mol. The third kappa shape index (κ3) is 2.73. The largest absolute Gasteiger partial charge is 0.501 e. The summed E-state index contributed by atoms with van der Waals surface area (Å²) in [6.45, 7) is 1.93. The van der Waals surface area contributed by atoms with Crippen LogP contribution in [0.1, 0.15) is 11.1 Å². The van der Waals surface area contributed by atoms with E-state index in [-0.39, 0.29) is 5.03 Å². The summed E-state index contributed by atoms with van der Waals surface area (Å²) < 4.78 is 4.35. The predicted octanol–water partition coefficient (Wildman–Crippen LogP) is 2.63. The Balaban J connectivity index is 3.07. The van der Waals surface area contributed by atoms with Gasteiger partial charge in [-0.3, -0.25) is 0 Å². The minimum Gasteiger partial charge on any atom is -0.501 e. The standard InChI is InChI=1S/C11H11ClO3/c1-7-3-5-8(6-4-7)9(12)10(13)11(14)15-2/h3-6,13H,1-2H3. The van der Waals surface area contributed by atoms with Crippen molar-refractivity contribution < 1.29 is 14.6 Å². The molecule has 0 aliphatic carbocycles. The van der Waals surface area contributed by atoms with Crippen molar-refractivity contribution in [1.29, 1.82) is 0 Å². The van der Waals surface area contributed by atoms with E-state index >= 15 is 0 Å². The Kier molecular flexibility index (Phi) is 3.74. The molecule has 0 aliphatic heterocycles. The minimum atomic E-state index is -0.847. The number of hydrogen-bond donors (Lipinski definition) is 1. The van der Waals surface area contributed by atoms with Crippen molar-refractivity contribution in [2.24, 2.45) is 0 Å². The zero-order valence-corrected chi connectivity index (χ0v) is 9.21. The van der Waals surface area contributed by atoms with E-state index in [2.05, 4.69) is 4.74 Å². The summed E-state index contributed by atoms with van der Waals surface area (Å²) in [5, 5.41) is 9.37. The summed E-state index contributed by atoms with van der Waals surface area (Å²) in [5.74, 6) is -1.43. The molecule has 1 N–H and O–H groups in total. The average Bonchev–Trinajstić information content (AvgIpc) is 2.27. The van der Waals surface area contributed by atoms with Gasteiger partial charge >= 0.3 is 5.97 Å². The Hall–Kier alpha value is -1.48. The number of aliphatic hydroxyl groups excluding tert-OH is 1. The number of methoxy groups -OCH3 is 1. The topological polar surface area (TPSA) is 46.5 Å². The van der Waals surface area contributed by atoms with Crippen LogP contribution >= 0.6 is 11.6 Å². The van der Waals surface area contributed by atoms with Gasteiger partial charge in [0.1, 0.15) is 0 Å². The van der Waals surface area contributed by atoms with Crippen LogP contribution in [-0.4, -0.2) is 18.2 Å². The lowest BCUT2D eigenvalue weighted by atomic mass is 10.1. The van der Waals surface area contributed by atoms with Crippen LogP contribution in [0.4, 0.5) is 0 Å². The fourth-order valence-electron chi connectivity index (χ4n) is 1.02. The van der Waals surface area contributed by atoms with Crippen molar-refractivity contribution in [2.45, 2.75) is 6.92 Å². The molecule has 15 heavy (non-hydrogen) atoms. The SMILES string of the molecule is COC(=O)C(O)=C(Cl)c1ccc(C)cc1. The highest BCUT2D eigenvalue weighted by Gasteiger charge is 2.14. The summed E-state index contributed by atoms with van der Waals surface area (Å²) in [4.78, 5) is 11.0. The van der Waals surface area contributed by atoms with E-state index in [9.17, 15) is 9.90 Å². The molecule has 0 heterocycles. The number of carbonyl (C=O) groups is 1. The Morgan fingerprint density at radius 3 is 2.33 bits per heavy atom. The van der Waals surface area contributed by atoms with E-state index in [1.807, 2.05) is 19.1 Å². The Morgan fingerprint density at radius 1 is 1.33 bits per heavy atom. The summed E-state index contributed by atoms with van der Waals surface area (Å²) in [5.41, 5.74) is 1.64. The van der Waals surface area contributed by atoms with Gasteiger partial charge in [-0.15, -0.1) is 0 Å². The maximum absolute atomic E-state index is 11.0. The lowest BCUT2D eigenvalue weighted by Crippen LogP contribution is -2.05. The van der Waals surface area contributed by atoms with Gasteiger partial charge in [-0.1, -0.05) is 41.4 Å². The zero-order valence-electron chi connectivity index (χ0n) is 8.45. The van der Waals surface area contributed by atoms with Crippen molar-refractivity contribution in [3.63, 3.8) is 0 Å². The van der Waals surface area contributed by atoms with Crippen molar-refractivity contribution in [3.05, 3.63) is 41.2 Å². The van der Waals surface area contributed by atoms with Crippen LogP contribution in [0.5, 0.6) is 0 Å². The molecule has 0 radical (unpaired) electrons. The molecule has 0 fully saturated rings. The molecule has 1 rings (SSSR count). The van der Waals surface area contributed by atoms with E-state index in [1.165, 1.54) is 7.11 Å². The number of aryl methyl sites for hydroxylation is 1. The highest BCUT2D eigenvalue weighted by molar-refractivity contribution is 6.50. The third-order valence-corrected chi connectivity index (χ3v) is 2.29. The lowest BCUT2D eigenvalue weighted by molar-refractivity contribution is -0.138.